The van der Waals surface area contributed by atoms with Gasteiger partial charge in [0, 0.05) is 44.8 Å². The van der Waals surface area contributed by atoms with Gasteiger partial charge in [-0.25, -0.2) is 4.39 Å². The van der Waals surface area contributed by atoms with Crippen molar-refractivity contribution in [2.75, 3.05) is 0 Å². The van der Waals surface area contributed by atoms with E-state index in [4.69, 9.17) is 10.8 Å². The summed E-state index contributed by atoms with van der Waals surface area (Å²) >= 11 is 0. The number of halogens is 1. The molecule has 0 spiro atoms. The molecule has 8 aromatic rings. The zero-order chi connectivity index (χ0) is 35.9. The molecule has 0 aliphatic heterocycles. The maximum absolute atomic E-state index is 14.0. The van der Waals surface area contributed by atoms with Crippen molar-refractivity contribution in [3.8, 4) is 28.3 Å². The Hall–Kier alpha value is -4.90. The molecule has 0 fully saturated rings. The van der Waals surface area contributed by atoms with Crippen LogP contribution in [-0.4, -0.2) is 14.5 Å². The first-order valence-electron chi connectivity index (χ1n) is 17.6. The van der Waals surface area contributed by atoms with E-state index in [1.165, 1.54) is 23.3 Å². The molecular formula is C45H40FIrN3O-2. The summed E-state index contributed by atoms with van der Waals surface area (Å²) in [7, 11) is 0. The summed E-state index contributed by atoms with van der Waals surface area (Å²) in [4.78, 5) is 9.40. The number of nitrogens with zero attached hydrogens (tertiary/aromatic N) is 3. The Bertz CT molecular complexity index is 2470. The molecule has 3 heterocycles. The Labute approximate surface area is 314 Å². The van der Waals surface area contributed by atoms with Crippen LogP contribution in [0, 0.1) is 17.9 Å². The summed E-state index contributed by atoms with van der Waals surface area (Å²) in [5, 5.41) is 1.80. The van der Waals surface area contributed by atoms with Crippen molar-refractivity contribution >= 4 is 33.0 Å². The molecule has 0 saturated heterocycles. The summed E-state index contributed by atoms with van der Waals surface area (Å²) < 4.78 is 30.5. The number of furan rings is 1. The number of hydrogen-bond acceptors (Lipinski definition) is 3. The monoisotopic (exact) mass is 851 g/mol. The van der Waals surface area contributed by atoms with Crippen LogP contribution in [0.3, 0.4) is 0 Å². The van der Waals surface area contributed by atoms with E-state index in [-0.39, 0.29) is 25.9 Å². The molecule has 0 aliphatic carbocycles. The summed E-state index contributed by atoms with van der Waals surface area (Å²) in [6.07, 6.45) is 1.75. The van der Waals surface area contributed by atoms with Gasteiger partial charge in [-0.2, -0.15) is 0 Å². The number of hydrogen-bond donors (Lipinski definition) is 0. The molecule has 51 heavy (non-hydrogen) atoms. The fourth-order valence-electron chi connectivity index (χ4n) is 6.51. The molecule has 0 unspecified atom stereocenters. The average Bonchev–Trinajstić information content (AvgIpc) is 3.69. The molecule has 8 rings (SSSR count). The Morgan fingerprint density at radius 1 is 0.765 bits per heavy atom. The van der Waals surface area contributed by atoms with Gasteiger partial charge in [-0.1, -0.05) is 94.5 Å². The molecule has 1 radical (unpaired) electrons. The molecule has 259 valence electrons. The van der Waals surface area contributed by atoms with Crippen molar-refractivity contribution < 1.29 is 30.3 Å². The largest absolute Gasteiger partial charge is 0.500 e. The predicted octanol–water partition coefficient (Wildman–Crippen LogP) is 12.4. The average molecular weight is 851 g/mol. The van der Waals surface area contributed by atoms with Crippen molar-refractivity contribution in [3.05, 3.63) is 150 Å². The minimum Gasteiger partial charge on any atom is -0.500 e. The topological polar surface area (TPSA) is 43.9 Å². The van der Waals surface area contributed by atoms with Gasteiger partial charge in [-0.3, -0.25) is 4.98 Å². The van der Waals surface area contributed by atoms with E-state index in [0.717, 1.165) is 55.7 Å². The van der Waals surface area contributed by atoms with Gasteiger partial charge in [0.15, 0.2) is 0 Å². The van der Waals surface area contributed by atoms with Gasteiger partial charge >= 0.3 is 0 Å². The number of fused-ring (bicyclic) bond motifs is 4. The van der Waals surface area contributed by atoms with Crippen LogP contribution in [0.5, 0.6) is 0 Å². The summed E-state index contributed by atoms with van der Waals surface area (Å²) in [5.41, 5.74) is 10.4. The number of para-hydroxylation sites is 3. The standard InChI is InChI=1S/C31H26FN2O.C14H14N.Ir/c1-18(2)21-9-7-10-22(19(3)4)29(21)34-27-14-6-5-13-26(27)33-31(34)25-12-8-11-24-23-16-15-20(32)17-28(23)35-30(24)25;1-11(2)13-8-9-15-14(10-13)12-6-4-3-5-7-12;/h5-11,13-19H,1-4H3;3-6,8-11H,1-2H3;/q2*-1;/i;11D;. The molecule has 4 nitrogen and oxygen atoms in total. The molecule has 0 N–H and O–H groups in total. The third-order valence-corrected chi connectivity index (χ3v) is 9.07. The minimum atomic E-state index is -0.591. The van der Waals surface area contributed by atoms with Gasteiger partial charge in [0.25, 0.3) is 0 Å². The van der Waals surface area contributed by atoms with Gasteiger partial charge in [0.05, 0.1) is 22.4 Å². The Balaban J connectivity index is 0.000000230. The number of rotatable bonds is 6. The zero-order valence-electron chi connectivity index (χ0n) is 30.6. The third-order valence-electron chi connectivity index (χ3n) is 9.07. The second-order valence-corrected chi connectivity index (χ2v) is 13.4. The number of imidazole rings is 1. The van der Waals surface area contributed by atoms with E-state index in [9.17, 15) is 4.39 Å². The third kappa shape index (κ3) is 7.04. The van der Waals surface area contributed by atoms with Crippen LogP contribution in [0.25, 0.3) is 61.3 Å². The zero-order valence-corrected chi connectivity index (χ0v) is 32.0. The normalized spacial score (nSPS) is 11.9. The number of benzene rings is 5. The fraction of sp³-hybridized carbons (Fsp3) is 0.200. The van der Waals surface area contributed by atoms with Crippen molar-refractivity contribution in [3.63, 3.8) is 0 Å². The van der Waals surface area contributed by atoms with Crippen molar-refractivity contribution in [2.45, 2.75) is 59.3 Å². The van der Waals surface area contributed by atoms with Crippen molar-refractivity contribution in [2.24, 2.45) is 0 Å². The number of pyridine rings is 1. The van der Waals surface area contributed by atoms with E-state index in [2.05, 4.69) is 73.6 Å². The first kappa shape index (κ1) is 34.5. The second kappa shape index (κ2) is 15.1. The Morgan fingerprint density at radius 3 is 2.22 bits per heavy atom. The van der Waals surface area contributed by atoms with E-state index in [0.29, 0.717) is 23.0 Å². The molecule has 0 amide bonds. The first-order valence-corrected chi connectivity index (χ1v) is 17.1. The molecular weight excluding hydrogens is 810 g/mol. The smallest absolute Gasteiger partial charge is 0.126 e. The molecule has 0 atom stereocenters. The van der Waals surface area contributed by atoms with E-state index in [1.807, 2.05) is 80.6 Å². The van der Waals surface area contributed by atoms with Crippen LogP contribution in [0.4, 0.5) is 4.39 Å². The van der Waals surface area contributed by atoms with Crippen LogP contribution in [0.15, 0.2) is 120 Å². The molecule has 6 heteroatoms. The van der Waals surface area contributed by atoms with Crippen molar-refractivity contribution in [1.29, 1.82) is 0 Å². The molecule has 5 aromatic carbocycles. The Morgan fingerprint density at radius 2 is 1.51 bits per heavy atom. The predicted molar refractivity (Wildman–Crippen MR) is 203 cm³/mol. The summed E-state index contributed by atoms with van der Waals surface area (Å²) in [6, 6.07) is 41.4. The van der Waals surface area contributed by atoms with E-state index < -0.39 is 5.89 Å². The molecule has 3 aromatic heterocycles. The summed E-state index contributed by atoms with van der Waals surface area (Å²) in [6.45, 7) is 12.6. The van der Waals surface area contributed by atoms with Crippen LogP contribution in [-0.2, 0) is 20.1 Å². The SMILES string of the molecule is CC(C)c1cccc(C(C)C)c1-n1c(-c2[c-]ccc3c2oc2cc(F)ccc23)nc2ccccc21.[2H]C(C)(C)c1ccnc(-c2[c-]cccc2)c1.[Ir]. The Kier molecular flexibility index (Phi) is 10.3. The van der Waals surface area contributed by atoms with Gasteiger partial charge < -0.3 is 14.0 Å². The van der Waals surface area contributed by atoms with Crippen molar-refractivity contribution in [1.82, 2.24) is 14.5 Å². The molecule has 0 aliphatic rings. The van der Waals surface area contributed by atoms with Crippen LogP contribution < -0.4 is 0 Å². The van der Waals surface area contributed by atoms with Crippen LogP contribution in [0.1, 0.15) is 77.3 Å². The van der Waals surface area contributed by atoms with Gasteiger partial charge in [-0.05, 0) is 64.9 Å². The molecule has 0 bridgehead atoms. The maximum atomic E-state index is 14.0. The van der Waals surface area contributed by atoms with Crippen LogP contribution in [0.2, 0.25) is 0 Å². The van der Waals surface area contributed by atoms with E-state index >= 15 is 0 Å². The van der Waals surface area contributed by atoms with Crippen LogP contribution >= 0.6 is 0 Å². The van der Waals surface area contributed by atoms with Gasteiger partial charge in [0.1, 0.15) is 11.4 Å². The molecule has 0 saturated carbocycles. The number of aromatic nitrogens is 3. The van der Waals surface area contributed by atoms with Gasteiger partial charge in [-0.15, -0.1) is 54.1 Å². The summed E-state index contributed by atoms with van der Waals surface area (Å²) in [5.74, 6) is 0.512. The van der Waals surface area contributed by atoms with Gasteiger partial charge in [0.2, 0.25) is 0 Å². The van der Waals surface area contributed by atoms with E-state index in [1.54, 1.807) is 12.3 Å². The second-order valence-electron chi connectivity index (χ2n) is 13.4. The first-order chi connectivity index (χ1) is 24.5. The minimum absolute atomic E-state index is 0. The fourth-order valence-corrected chi connectivity index (χ4v) is 6.51. The maximum Gasteiger partial charge on any atom is 0.126 e. The quantitative estimate of drug-likeness (QED) is 0.157.